The third kappa shape index (κ3) is 5.06. The van der Waals surface area contributed by atoms with Crippen molar-refractivity contribution in [1.82, 2.24) is 15.2 Å². The predicted octanol–water partition coefficient (Wildman–Crippen LogP) is 1.25. The number of fused-ring (bicyclic) bond motifs is 2. The lowest BCUT2D eigenvalue weighted by Gasteiger charge is -2.39. The highest BCUT2D eigenvalue weighted by atomic mass is 16.4. The zero-order chi connectivity index (χ0) is 23.4. The van der Waals surface area contributed by atoms with Gasteiger partial charge in [-0.1, -0.05) is 18.2 Å². The quantitative estimate of drug-likeness (QED) is 0.439. The Morgan fingerprint density at radius 3 is 2.56 bits per heavy atom. The normalized spacial score (nSPS) is 20.7. The topological polar surface area (TPSA) is 143 Å². The van der Waals surface area contributed by atoms with Gasteiger partial charge >= 0.3 is 11.9 Å². The number of aliphatic hydroxyl groups excluding tert-OH is 1. The van der Waals surface area contributed by atoms with Gasteiger partial charge in [0.25, 0.3) is 0 Å². The van der Waals surface area contributed by atoms with Crippen LogP contribution in [-0.2, 0) is 20.8 Å². The van der Waals surface area contributed by atoms with Crippen molar-refractivity contribution in [2.75, 3.05) is 20.2 Å². The number of rotatable bonds is 5. The molecule has 1 aromatic heterocycles. The summed E-state index contributed by atoms with van der Waals surface area (Å²) in [5.41, 5.74) is 4.99. The van der Waals surface area contributed by atoms with E-state index in [1.54, 1.807) is 0 Å². The molecule has 0 radical (unpaired) electrons. The van der Waals surface area contributed by atoms with Crippen LogP contribution in [0.2, 0.25) is 0 Å². The second kappa shape index (κ2) is 9.80. The van der Waals surface area contributed by atoms with Gasteiger partial charge in [0.2, 0.25) is 5.91 Å². The molecule has 2 aliphatic rings. The molecule has 0 bridgehead atoms. The summed E-state index contributed by atoms with van der Waals surface area (Å²) in [7, 11) is 2.09. The lowest BCUT2D eigenvalue weighted by Crippen LogP contribution is -2.48. The Kier molecular flexibility index (Phi) is 7.12. The van der Waals surface area contributed by atoms with E-state index >= 15 is 0 Å². The minimum Gasteiger partial charge on any atom is -0.478 e. The summed E-state index contributed by atoms with van der Waals surface area (Å²) < 4.78 is 0. The van der Waals surface area contributed by atoms with E-state index in [-0.39, 0.29) is 24.5 Å². The van der Waals surface area contributed by atoms with Crippen molar-refractivity contribution in [3.63, 3.8) is 0 Å². The number of likely N-dealkylation sites (N-methyl/N-ethyl adjacent to an activating group) is 1. The highest BCUT2D eigenvalue weighted by Crippen LogP contribution is 2.40. The number of hydrogen-bond donors (Lipinski definition) is 5. The monoisotopic (exact) mass is 441 g/mol. The van der Waals surface area contributed by atoms with Gasteiger partial charge in [-0.25, -0.2) is 9.59 Å². The molecule has 170 valence electrons. The minimum atomic E-state index is -1.26. The van der Waals surface area contributed by atoms with Crippen LogP contribution in [0.15, 0.2) is 42.6 Å². The fourth-order valence-corrected chi connectivity index (χ4v) is 4.15. The summed E-state index contributed by atoms with van der Waals surface area (Å²) in [6.45, 7) is 2.47. The van der Waals surface area contributed by atoms with Gasteiger partial charge in [-0.2, -0.15) is 0 Å². The highest BCUT2D eigenvalue weighted by Gasteiger charge is 2.35. The smallest absolute Gasteiger partial charge is 0.328 e. The van der Waals surface area contributed by atoms with Crippen molar-refractivity contribution in [1.29, 1.82) is 0 Å². The molecule has 9 nitrogen and oxygen atoms in total. The van der Waals surface area contributed by atoms with Crippen LogP contribution >= 0.6 is 0 Å². The number of benzene rings is 1. The van der Waals surface area contributed by atoms with Crippen molar-refractivity contribution < 1.29 is 29.7 Å². The Hall–Kier alpha value is -3.43. The van der Waals surface area contributed by atoms with Crippen molar-refractivity contribution in [2.45, 2.75) is 25.4 Å². The van der Waals surface area contributed by atoms with Crippen LogP contribution < -0.4 is 5.32 Å². The molecule has 0 unspecified atom stereocenters. The molecule has 0 saturated carbocycles. The molecule has 2 aromatic rings. The first-order valence-corrected chi connectivity index (χ1v) is 10.3. The number of aliphatic hydroxyl groups is 1. The number of hydrogen-bond acceptors (Lipinski definition) is 5. The number of nitrogens with one attached hydrogen (secondary N) is 2. The Morgan fingerprint density at radius 2 is 1.94 bits per heavy atom. The van der Waals surface area contributed by atoms with E-state index in [2.05, 4.69) is 52.7 Å². The Morgan fingerprint density at radius 1 is 1.25 bits per heavy atom. The van der Waals surface area contributed by atoms with Crippen molar-refractivity contribution in [3.05, 3.63) is 53.8 Å². The number of carboxylic acids is 2. The summed E-state index contributed by atoms with van der Waals surface area (Å²) in [5, 5.41) is 29.0. The zero-order valence-corrected chi connectivity index (χ0v) is 17.9. The van der Waals surface area contributed by atoms with Gasteiger partial charge in [0, 0.05) is 47.9 Å². The molecular formula is C23H27N3O6. The van der Waals surface area contributed by atoms with E-state index in [1.165, 1.54) is 22.1 Å². The Bertz CT molecular complexity index is 1070. The molecule has 0 saturated heterocycles. The summed E-state index contributed by atoms with van der Waals surface area (Å²) >= 11 is 0. The van der Waals surface area contributed by atoms with Gasteiger partial charge in [0.1, 0.15) is 0 Å². The number of H-pyrrole nitrogens is 1. The number of amides is 1. The number of carboxylic acid groups (broad SMARTS) is 2. The summed E-state index contributed by atoms with van der Waals surface area (Å²) in [5.74, 6) is -2.72. The minimum absolute atomic E-state index is 0.0126. The van der Waals surface area contributed by atoms with E-state index in [1.807, 2.05) is 6.92 Å². The number of nitrogens with zero attached hydrogens (tertiary/aromatic N) is 1. The first kappa shape index (κ1) is 23.2. The van der Waals surface area contributed by atoms with Crippen LogP contribution in [0.25, 0.3) is 16.5 Å². The van der Waals surface area contributed by atoms with Crippen LogP contribution in [0.1, 0.15) is 18.1 Å². The maximum Gasteiger partial charge on any atom is 0.328 e. The molecule has 5 N–H and O–H groups in total. The maximum atomic E-state index is 12.5. The molecule has 0 fully saturated rings. The van der Waals surface area contributed by atoms with Crippen molar-refractivity contribution >= 4 is 34.3 Å². The van der Waals surface area contributed by atoms with E-state index in [0.717, 1.165) is 11.9 Å². The second-order valence-corrected chi connectivity index (χ2v) is 8.03. The fourth-order valence-electron chi connectivity index (χ4n) is 4.15. The van der Waals surface area contributed by atoms with Crippen LogP contribution in [0.3, 0.4) is 0 Å². The van der Waals surface area contributed by atoms with Gasteiger partial charge in [-0.05, 0) is 43.2 Å². The number of aromatic amines is 1. The van der Waals surface area contributed by atoms with Gasteiger partial charge in [0.15, 0.2) is 0 Å². The second-order valence-electron chi connectivity index (χ2n) is 8.03. The summed E-state index contributed by atoms with van der Waals surface area (Å²) in [4.78, 5) is 37.3. The molecule has 4 rings (SSSR count). The lowest BCUT2D eigenvalue weighted by atomic mass is 9.80. The van der Waals surface area contributed by atoms with Crippen molar-refractivity contribution in [3.8, 4) is 0 Å². The lowest BCUT2D eigenvalue weighted by molar-refractivity contribution is -0.134. The van der Waals surface area contributed by atoms with E-state index in [0.29, 0.717) is 24.7 Å². The fraction of sp³-hybridized carbons (Fsp3) is 0.348. The SMILES string of the molecule is C[C@@H](CO)NC(=O)[C@@H]1C=C2c3cccc4[nH]cc(c34)C[C@H]2N(C)C1.O=C(O)/C=C\C(=O)O. The van der Waals surface area contributed by atoms with Gasteiger partial charge in [0.05, 0.1) is 12.5 Å². The Balaban J connectivity index is 0.000000312. The molecule has 1 aliphatic heterocycles. The molecule has 1 amide bonds. The van der Waals surface area contributed by atoms with Gasteiger partial charge in [-0.15, -0.1) is 0 Å². The molecular weight excluding hydrogens is 414 g/mol. The number of aliphatic carboxylic acids is 2. The number of carbonyl (C=O) groups is 3. The van der Waals surface area contributed by atoms with E-state index < -0.39 is 11.9 Å². The van der Waals surface area contributed by atoms with Crippen LogP contribution in [0.5, 0.6) is 0 Å². The third-order valence-electron chi connectivity index (χ3n) is 5.64. The molecule has 32 heavy (non-hydrogen) atoms. The first-order chi connectivity index (χ1) is 15.2. The average molecular weight is 441 g/mol. The van der Waals surface area contributed by atoms with Gasteiger partial charge < -0.3 is 25.6 Å². The largest absolute Gasteiger partial charge is 0.478 e. The maximum absolute atomic E-state index is 12.5. The van der Waals surface area contributed by atoms with E-state index in [4.69, 9.17) is 15.3 Å². The predicted molar refractivity (Wildman–Crippen MR) is 119 cm³/mol. The summed E-state index contributed by atoms with van der Waals surface area (Å²) in [6, 6.07) is 6.42. The Labute approximate surface area is 185 Å². The van der Waals surface area contributed by atoms with Crippen LogP contribution in [0, 0.1) is 5.92 Å². The number of aromatic nitrogens is 1. The highest BCUT2D eigenvalue weighted by molar-refractivity contribution is 5.99. The van der Waals surface area contributed by atoms with Crippen LogP contribution in [-0.4, -0.2) is 75.3 Å². The number of carbonyl (C=O) groups excluding carboxylic acids is 1. The van der Waals surface area contributed by atoms with Crippen LogP contribution in [0.4, 0.5) is 0 Å². The molecule has 2 heterocycles. The van der Waals surface area contributed by atoms with E-state index in [9.17, 15) is 14.4 Å². The van der Waals surface area contributed by atoms with Crippen molar-refractivity contribution in [2.24, 2.45) is 5.92 Å². The standard InChI is InChI=1S/C19H23N3O2.C4H4O4/c1-11(10-23)21-19(24)13-6-15-14-4-3-5-16-18(14)12(8-20-16)7-17(15)22(2)9-13;5-3(6)1-2-4(7)8/h3-6,8,11,13,17,20,23H,7,9-10H2,1-2H3,(H,21,24);1-2H,(H,5,6)(H,7,8)/b;2-1-/t11-,13+,17+;/m0./s1. The van der Waals surface area contributed by atoms with Gasteiger partial charge in [-0.3, -0.25) is 9.69 Å². The first-order valence-electron chi connectivity index (χ1n) is 10.3. The molecule has 1 aliphatic carbocycles. The molecule has 1 aromatic carbocycles. The zero-order valence-electron chi connectivity index (χ0n) is 17.9. The molecule has 3 atom stereocenters. The molecule has 0 spiro atoms. The third-order valence-corrected chi connectivity index (χ3v) is 5.64. The summed E-state index contributed by atoms with van der Waals surface area (Å²) in [6.07, 6.45) is 6.33. The average Bonchev–Trinajstić information content (AvgIpc) is 3.17. The molecule has 9 heteroatoms.